The third-order valence-corrected chi connectivity index (χ3v) is 7.72. The Morgan fingerprint density at radius 2 is 1.54 bits per heavy atom. The first kappa shape index (κ1) is 23.4. The summed E-state index contributed by atoms with van der Waals surface area (Å²) in [6.45, 7) is 3.85. The molecule has 0 unspecified atom stereocenters. The van der Waals surface area contributed by atoms with Gasteiger partial charge in [-0.15, -0.1) is 11.3 Å². The first-order valence-electron chi connectivity index (χ1n) is 12.1. The van der Waals surface area contributed by atoms with Gasteiger partial charge in [0.15, 0.2) is 5.78 Å². The van der Waals surface area contributed by atoms with Crippen LogP contribution in [0.25, 0.3) is 20.5 Å². The maximum absolute atomic E-state index is 13.7. The normalized spacial score (nSPS) is 14.6. The van der Waals surface area contributed by atoms with Gasteiger partial charge in [0.1, 0.15) is 23.9 Å². The van der Waals surface area contributed by atoms with Crippen molar-refractivity contribution in [2.24, 2.45) is 0 Å². The molecule has 0 aliphatic carbocycles. The number of fused-ring (bicyclic) bond motifs is 1. The summed E-state index contributed by atoms with van der Waals surface area (Å²) in [6.07, 6.45) is 5.17. The van der Waals surface area contributed by atoms with E-state index in [2.05, 4.69) is 4.90 Å². The summed E-state index contributed by atoms with van der Waals surface area (Å²) in [5.41, 5.74) is 2.03. The third kappa shape index (κ3) is 5.34. The average molecular weight is 488 g/mol. The molecular formula is C29H29NO4S. The van der Waals surface area contributed by atoms with E-state index in [1.54, 1.807) is 42.5 Å². The van der Waals surface area contributed by atoms with Crippen molar-refractivity contribution >= 4 is 27.2 Å². The van der Waals surface area contributed by atoms with Gasteiger partial charge < -0.3 is 14.9 Å². The number of ether oxygens (including phenoxy) is 1. The zero-order valence-corrected chi connectivity index (χ0v) is 20.4. The number of likely N-dealkylation sites (tertiary alicyclic amines) is 1. The van der Waals surface area contributed by atoms with Crippen LogP contribution in [-0.4, -0.2) is 47.1 Å². The van der Waals surface area contributed by atoms with Crippen LogP contribution in [0.3, 0.4) is 0 Å². The molecular weight excluding hydrogens is 458 g/mol. The molecule has 1 fully saturated rings. The molecule has 1 saturated heterocycles. The zero-order valence-electron chi connectivity index (χ0n) is 19.6. The predicted octanol–water partition coefficient (Wildman–Crippen LogP) is 6.47. The Labute approximate surface area is 209 Å². The summed E-state index contributed by atoms with van der Waals surface area (Å²) < 4.78 is 6.80. The van der Waals surface area contributed by atoms with E-state index in [1.807, 2.05) is 24.3 Å². The van der Waals surface area contributed by atoms with E-state index in [0.717, 1.165) is 45.9 Å². The van der Waals surface area contributed by atoms with Crippen molar-refractivity contribution in [3.63, 3.8) is 0 Å². The van der Waals surface area contributed by atoms with Crippen molar-refractivity contribution in [1.29, 1.82) is 0 Å². The van der Waals surface area contributed by atoms with E-state index >= 15 is 0 Å². The van der Waals surface area contributed by atoms with Crippen LogP contribution in [0, 0.1) is 0 Å². The van der Waals surface area contributed by atoms with E-state index in [0.29, 0.717) is 17.7 Å². The van der Waals surface area contributed by atoms with Crippen LogP contribution in [0.1, 0.15) is 41.6 Å². The number of ketones is 1. The number of hydrogen-bond donors (Lipinski definition) is 2. The summed E-state index contributed by atoms with van der Waals surface area (Å²) >= 11 is 1.46. The van der Waals surface area contributed by atoms with Crippen LogP contribution in [0.2, 0.25) is 0 Å². The van der Waals surface area contributed by atoms with Gasteiger partial charge in [-0.25, -0.2) is 0 Å². The molecule has 0 saturated carbocycles. The number of rotatable bonds is 7. The number of carbonyl (C=O) groups excluding carboxylic acids is 1. The van der Waals surface area contributed by atoms with Crippen LogP contribution in [0.4, 0.5) is 0 Å². The van der Waals surface area contributed by atoms with E-state index < -0.39 is 0 Å². The molecule has 0 radical (unpaired) electrons. The Morgan fingerprint density at radius 3 is 2.26 bits per heavy atom. The SMILES string of the molecule is O=C(c1ccc(OCCN2CCCCCC2)cc1)c1c(-c2ccc(O)cc2)sc2cc(O)ccc12. The van der Waals surface area contributed by atoms with Gasteiger partial charge in [-0.3, -0.25) is 9.69 Å². The highest BCUT2D eigenvalue weighted by molar-refractivity contribution is 7.22. The summed E-state index contributed by atoms with van der Waals surface area (Å²) in [7, 11) is 0. The molecule has 0 atom stereocenters. The van der Waals surface area contributed by atoms with Crippen molar-refractivity contribution in [1.82, 2.24) is 4.90 Å². The Balaban J connectivity index is 1.36. The number of hydrogen-bond acceptors (Lipinski definition) is 6. The Bertz CT molecular complexity index is 1300. The highest BCUT2D eigenvalue weighted by Crippen LogP contribution is 2.41. The van der Waals surface area contributed by atoms with Crippen molar-refractivity contribution in [2.75, 3.05) is 26.2 Å². The van der Waals surface area contributed by atoms with Crippen LogP contribution >= 0.6 is 11.3 Å². The fourth-order valence-electron chi connectivity index (χ4n) is 4.63. The molecule has 3 aromatic carbocycles. The quantitative estimate of drug-likeness (QED) is 0.293. The number of thiophene rings is 1. The fourth-order valence-corrected chi connectivity index (χ4v) is 5.86. The van der Waals surface area contributed by atoms with Crippen LogP contribution in [-0.2, 0) is 0 Å². The number of nitrogens with zero attached hydrogens (tertiary/aromatic N) is 1. The highest BCUT2D eigenvalue weighted by atomic mass is 32.1. The number of benzene rings is 3. The molecule has 1 aliphatic heterocycles. The molecule has 5 rings (SSSR count). The van der Waals surface area contributed by atoms with Gasteiger partial charge in [0.2, 0.25) is 0 Å². The monoisotopic (exact) mass is 487 g/mol. The minimum Gasteiger partial charge on any atom is -0.508 e. The Hall–Kier alpha value is -3.35. The highest BCUT2D eigenvalue weighted by Gasteiger charge is 2.22. The molecule has 4 aromatic rings. The van der Waals surface area contributed by atoms with Crippen LogP contribution < -0.4 is 4.74 Å². The summed E-state index contributed by atoms with van der Waals surface area (Å²) in [6, 6.07) is 19.3. The largest absolute Gasteiger partial charge is 0.508 e. The van der Waals surface area contributed by atoms with E-state index in [9.17, 15) is 15.0 Å². The van der Waals surface area contributed by atoms with Crippen molar-refractivity contribution < 1.29 is 19.7 Å². The maximum Gasteiger partial charge on any atom is 0.195 e. The smallest absolute Gasteiger partial charge is 0.195 e. The minimum absolute atomic E-state index is 0.0823. The van der Waals surface area contributed by atoms with Gasteiger partial charge in [0.05, 0.1) is 0 Å². The molecule has 2 heterocycles. The lowest BCUT2D eigenvalue weighted by molar-refractivity contribution is 0.104. The molecule has 35 heavy (non-hydrogen) atoms. The molecule has 0 spiro atoms. The number of carbonyl (C=O) groups is 1. The predicted molar refractivity (Wildman–Crippen MR) is 141 cm³/mol. The lowest BCUT2D eigenvalue weighted by atomic mass is 9.97. The summed E-state index contributed by atoms with van der Waals surface area (Å²) in [4.78, 5) is 17.0. The molecule has 0 bridgehead atoms. The maximum atomic E-state index is 13.7. The van der Waals surface area contributed by atoms with Gasteiger partial charge in [0, 0.05) is 32.6 Å². The third-order valence-electron chi connectivity index (χ3n) is 6.52. The number of aromatic hydroxyl groups is 2. The summed E-state index contributed by atoms with van der Waals surface area (Å²) in [5.74, 6) is 1.01. The Kier molecular flexibility index (Phi) is 7.02. The van der Waals surface area contributed by atoms with Crippen molar-refractivity contribution in [3.05, 3.63) is 77.9 Å². The average Bonchev–Trinajstić information content (AvgIpc) is 3.04. The molecule has 1 aliphatic rings. The van der Waals surface area contributed by atoms with Gasteiger partial charge in [-0.1, -0.05) is 12.8 Å². The van der Waals surface area contributed by atoms with E-state index in [1.165, 1.54) is 37.0 Å². The minimum atomic E-state index is -0.0823. The first-order valence-corrected chi connectivity index (χ1v) is 12.9. The lowest BCUT2D eigenvalue weighted by Gasteiger charge is -2.19. The second-order valence-corrected chi connectivity index (χ2v) is 10.0. The molecule has 1 aromatic heterocycles. The Morgan fingerprint density at radius 1 is 0.857 bits per heavy atom. The molecule has 5 nitrogen and oxygen atoms in total. The van der Waals surface area contributed by atoms with Gasteiger partial charge in [-0.2, -0.15) is 0 Å². The molecule has 6 heteroatoms. The lowest BCUT2D eigenvalue weighted by Crippen LogP contribution is -2.29. The molecule has 2 N–H and O–H groups in total. The first-order chi connectivity index (χ1) is 17.1. The molecule has 0 amide bonds. The molecule has 180 valence electrons. The number of phenols is 2. The van der Waals surface area contributed by atoms with Gasteiger partial charge >= 0.3 is 0 Å². The van der Waals surface area contributed by atoms with E-state index in [4.69, 9.17) is 4.74 Å². The van der Waals surface area contributed by atoms with Gasteiger partial charge in [0.25, 0.3) is 0 Å². The zero-order chi connectivity index (χ0) is 24.2. The van der Waals surface area contributed by atoms with Crippen LogP contribution in [0.5, 0.6) is 17.2 Å². The topological polar surface area (TPSA) is 70.0 Å². The fraction of sp³-hybridized carbons (Fsp3) is 0.276. The van der Waals surface area contributed by atoms with Crippen molar-refractivity contribution in [2.45, 2.75) is 25.7 Å². The second-order valence-electron chi connectivity index (χ2n) is 8.99. The van der Waals surface area contributed by atoms with E-state index in [-0.39, 0.29) is 17.3 Å². The van der Waals surface area contributed by atoms with Gasteiger partial charge in [-0.05, 0) is 98.2 Å². The summed E-state index contributed by atoms with van der Waals surface area (Å²) in [5, 5.41) is 20.5. The van der Waals surface area contributed by atoms with Crippen LogP contribution in [0.15, 0.2) is 66.7 Å². The second kappa shape index (κ2) is 10.5. The van der Waals surface area contributed by atoms with Crippen molar-refractivity contribution in [3.8, 4) is 27.7 Å². The number of phenolic OH excluding ortho intramolecular Hbond substituents is 2. The standard InChI is InChI=1S/C29H29NO4S/c31-22-9-5-21(6-10-22)29-27(25-14-11-23(32)19-26(25)35-29)28(33)20-7-12-24(13-8-20)34-18-17-30-15-3-1-2-4-16-30/h5-14,19,31-32H,1-4,15-18H2.